The average Bonchev–Trinajstić information content (AvgIpc) is 2.79. The molecule has 1 aliphatic heterocycles. The van der Waals surface area contributed by atoms with Gasteiger partial charge in [0.1, 0.15) is 5.82 Å². The minimum Gasteiger partial charge on any atom is -0.493 e. The van der Waals surface area contributed by atoms with Gasteiger partial charge >= 0.3 is 0 Å². The zero-order valence-corrected chi connectivity index (χ0v) is 17.3. The minimum atomic E-state index is -0.121. The van der Waals surface area contributed by atoms with E-state index in [4.69, 9.17) is 14.5 Å². The van der Waals surface area contributed by atoms with Crippen molar-refractivity contribution in [3.63, 3.8) is 0 Å². The van der Waals surface area contributed by atoms with Crippen molar-refractivity contribution in [1.82, 2.24) is 19.9 Å². The number of piperidine rings is 1. The van der Waals surface area contributed by atoms with Crippen molar-refractivity contribution in [2.24, 2.45) is 0 Å². The van der Waals surface area contributed by atoms with Crippen molar-refractivity contribution in [2.75, 3.05) is 27.3 Å². The molecule has 7 heteroatoms. The summed E-state index contributed by atoms with van der Waals surface area (Å²) in [6.45, 7) is 2.70. The first-order valence-corrected chi connectivity index (χ1v) is 10.1. The fourth-order valence-electron chi connectivity index (χ4n) is 4.01. The standard InChI is InChI=1S/C23H26N4O3/c1-29-20-6-5-16(12-21(20)30-2)14-27-11-3-4-18(15-27)19-13-22(28)26-23(25-19)17-7-9-24-10-8-17/h5-10,12-13,18H,3-4,11,14-15H2,1-2H3,(H,25,26,28). The zero-order chi connectivity index (χ0) is 20.9. The van der Waals surface area contributed by atoms with E-state index in [0.29, 0.717) is 5.82 Å². The molecule has 0 saturated carbocycles. The van der Waals surface area contributed by atoms with Crippen molar-refractivity contribution < 1.29 is 9.47 Å². The SMILES string of the molecule is COc1ccc(CN2CCCC(c3cc(=O)[nH]c(-c4ccncc4)n3)C2)cc1OC. The fourth-order valence-corrected chi connectivity index (χ4v) is 4.01. The number of hydrogen-bond donors (Lipinski definition) is 1. The number of H-pyrrole nitrogens is 1. The van der Waals surface area contributed by atoms with Gasteiger partial charge in [-0.2, -0.15) is 0 Å². The molecular formula is C23H26N4O3. The normalized spacial score (nSPS) is 16.9. The van der Waals surface area contributed by atoms with Crippen LogP contribution in [0.25, 0.3) is 11.4 Å². The van der Waals surface area contributed by atoms with Crippen molar-refractivity contribution in [2.45, 2.75) is 25.3 Å². The maximum Gasteiger partial charge on any atom is 0.251 e. The second kappa shape index (κ2) is 9.09. The third-order valence-corrected chi connectivity index (χ3v) is 5.49. The van der Waals surface area contributed by atoms with Crippen LogP contribution in [0, 0.1) is 0 Å². The van der Waals surface area contributed by atoms with Crippen LogP contribution in [0.15, 0.2) is 53.6 Å². The summed E-state index contributed by atoms with van der Waals surface area (Å²) in [6, 6.07) is 11.4. The first-order chi connectivity index (χ1) is 14.7. The summed E-state index contributed by atoms with van der Waals surface area (Å²) in [5.41, 5.74) is 2.76. The predicted molar refractivity (Wildman–Crippen MR) is 115 cm³/mol. The van der Waals surface area contributed by atoms with Crippen molar-refractivity contribution in [3.05, 3.63) is 70.4 Å². The summed E-state index contributed by atoms with van der Waals surface area (Å²) in [5, 5.41) is 0. The van der Waals surface area contributed by atoms with E-state index in [2.05, 4.69) is 20.9 Å². The molecule has 0 bridgehead atoms. The topological polar surface area (TPSA) is 80.3 Å². The summed E-state index contributed by atoms with van der Waals surface area (Å²) in [4.78, 5) is 26.3. The number of aromatic amines is 1. The van der Waals surface area contributed by atoms with E-state index in [1.807, 2.05) is 24.3 Å². The third kappa shape index (κ3) is 4.52. The highest BCUT2D eigenvalue weighted by molar-refractivity contribution is 5.53. The van der Waals surface area contributed by atoms with Crippen molar-refractivity contribution in [3.8, 4) is 22.9 Å². The summed E-state index contributed by atoms with van der Waals surface area (Å²) in [7, 11) is 3.29. The van der Waals surface area contributed by atoms with Crippen LogP contribution in [0.3, 0.4) is 0 Å². The molecule has 1 unspecified atom stereocenters. The maximum absolute atomic E-state index is 12.3. The van der Waals surface area contributed by atoms with E-state index in [9.17, 15) is 4.79 Å². The van der Waals surface area contributed by atoms with E-state index >= 15 is 0 Å². The van der Waals surface area contributed by atoms with E-state index < -0.39 is 0 Å². The summed E-state index contributed by atoms with van der Waals surface area (Å²) >= 11 is 0. The molecule has 156 valence electrons. The lowest BCUT2D eigenvalue weighted by Crippen LogP contribution is -2.34. The Morgan fingerprint density at radius 3 is 2.67 bits per heavy atom. The number of nitrogens with one attached hydrogen (secondary N) is 1. The van der Waals surface area contributed by atoms with E-state index in [1.54, 1.807) is 32.7 Å². The van der Waals surface area contributed by atoms with Crippen LogP contribution in [0.4, 0.5) is 0 Å². The molecule has 1 atom stereocenters. The molecule has 7 nitrogen and oxygen atoms in total. The second-order valence-electron chi connectivity index (χ2n) is 7.52. The number of nitrogens with zero attached hydrogens (tertiary/aromatic N) is 3. The fraction of sp³-hybridized carbons (Fsp3) is 0.348. The van der Waals surface area contributed by atoms with Crippen molar-refractivity contribution in [1.29, 1.82) is 0 Å². The average molecular weight is 406 g/mol. The van der Waals surface area contributed by atoms with Gasteiger partial charge in [0.15, 0.2) is 11.5 Å². The monoisotopic (exact) mass is 406 g/mol. The quantitative estimate of drug-likeness (QED) is 0.677. The Hall–Kier alpha value is -3.19. The van der Waals surface area contributed by atoms with Gasteiger partial charge in [-0.25, -0.2) is 4.98 Å². The number of benzene rings is 1. The Labute approximate surface area is 175 Å². The Kier molecular flexibility index (Phi) is 6.09. The molecule has 0 radical (unpaired) electrons. The molecular weight excluding hydrogens is 380 g/mol. The highest BCUT2D eigenvalue weighted by Crippen LogP contribution is 2.30. The lowest BCUT2D eigenvalue weighted by atomic mass is 9.94. The molecule has 1 aromatic carbocycles. The molecule has 0 aliphatic carbocycles. The number of pyridine rings is 1. The molecule has 0 amide bonds. The van der Waals surface area contributed by atoms with Gasteiger partial charge in [0.2, 0.25) is 0 Å². The van der Waals surface area contributed by atoms with Gasteiger partial charge < -0.3 is 14.5 Å². The lowest BCUT2D eigenvalue weighted by molar-refractivity contribution is 0.198. The number of aromatic nitrogens is 3. The highest BCUT2D eigenvalue weighted by Gasteiger charge is 2.23. The number of hydrogen-bond acceptors (Lipinski definition) is 6. The third-order valence-electron chi connectivity index (χ3n) is 5.49. The molecule has 2 aromatic heterocycles. The van der Waals surface area contributed by atoms with Gasteiger partial charge in [0, 0.05) is 43.0 Å². The number of rotatable bonds is 6. The van der Waals surface area contributed by atoms with Gasteiger partial charge in [-0.15, -0.1) is 0 Å². The molecule has 1 fully saturated rings. The molecule has 1 N–H and O–H groups in total. The molecule has 1 saturated heterocycles. The van der Waals surface area contributed by atoms with Crippen molar-refractivity contribution >= 4 is 0 Å². The molecule has 1 aliphatic rings. The second-order valence-corrected chi connectivity index (χ2v) is 7.52. The Morgan fingerprint density at radius 2 is 1.90 bits per heavy atom. The van der Waals surface area contributed by atoms with E-state index in [1.165, 1.54) is 5.56 Å². The van der Waals surface area contributed by atoms with Crippen LogP contribution in [0.5, 0.6) is 11.5 Å². The minimum absolute atomic E-state index is 0.121. The van der Waals surface area contributed by atoms with Gasteiger partial charge in [-0.1, -0.05) is 6.07 Å². The molecule has 30 heavy (non-hydrogen) atoms. The highest BCUT2D eigenvalue weighted by atomic mass is 16.5. The number of ether oxygens (including phenoxy) is 2. The molecule has 4 rings (SSSR count). The van der Waals surface area contributed by atoms with Gasteiger partial charge in [0.25, 0.3) is 5.56 Å². The van der Waals surface area contributed by atoms with Crippen LogP contribution in [-0.4, -0.2) is 47.2 Å². The van der Waals surface area contributed by atoms with E-state index in [0.717, 1.165) is 55.2 Å². The van der Waals surface area contributed by atoms with Gasteiger partial charge in [-0.05, 0) is 49.2 Å². The molecule has 3 heterocycles. The maximum atomic E-state index is 12.3. The summed E-state index contributed by atoms with van der Waals surface area (Å²) in [5.74, 6) is 2.29. The zero-order valence-electron chi connectivity index (χ0n) is 17.3. The predicted octanol–water partition coefficient (Wildman–Crippen LogP) is 3.23. The first-order valence-electron chi connectivity index (χ1n) is 10.1. The van der Waals surface area contributed by atoms with Crippen LogP contribution in [-0.2, 0) is 6.54 Å². The molecule has 0 spiro atoms. The Morgan fingerprint density at radius 1 is 1.10 bits per heavy atom. The number of methoxy groups -OCH3 is 2. The van der Waals surface area contributed by atoms with Crippen LogP contribution < -0.4 is 15.0 Å². The van der Waals surface area contributed by atoms with Crippen LogP contribution >= 0.6 is 0 Å². The summed E-state index contributed by atoms with van der Waals surface area (Å²) < 4.78 is 10.8. The smallest absolute Gasteiger partial charge is 0.251 e. The Balaban J connectivity index is 1.52. The summed E-state index contributed by atoms with van der Waals surface area (Å²) in [6.07, 6.45) is 5.49. The van der Waals surface area contributed by atoms with Gasteiger partial charge in [0.05, 0.1) is 19.9 Å². The molecule has 3 aromatic rings. The van der Waals surface area contributed by atoms with Crippen LogP contribution in [0.2, 0.25) is 0 Å². The number of likely N-dealkylation sites (tertiary alicyclic amines) is 1. The van der Waals surface area contributed by atoms with E-state index in [-0.39, 0.29) is 11.5 Å². The van der Waals surface area contributed by atoms with Gasteiger partial charge in [-0.3, -0.25) is 14.7 Å². The largest absolute Gasteiger partial charge is 0.493 e. The first kappa shape index (κ1) is 20.1. The Bertz CT molecular complexity index is 1050. The lowest BCUT2D eigenvalue weighted by Gasteiger charge is -2.32. The van der Waals surface area contributed by atoms with Crippen LogP contribution in [0.1, 0.15) is 30.0 Å².